The summed E-state index contributed by atoms with van der Waals surface area (Å²) in [7, 11) is 0. The first-order valence-corrected chi connectivity index (χ1v) is 20.8. The Hall–Kier alpha value is -1.16. The van der Waals surface area contributed by atoms with Gasteiger partial charge in [0.05, 0.1) is 15.9 Å². The molecule has 0 radical (unpaired) electrons. The molecule has 2 amide bonds. The number of hydrogen-bond acceptors (Lipinski definition) is 7. The summed E-state index contributed by atoms with van der Waals surface area (Å²) in [6.07, 6.45) is 5.00. The van der Waals surface area contributed by atoms with Crippen LogP contribution < -0.4 is 0 Å². The third kappa shape index (κ3) is 11.4. The van der Waals surface area contributed by atoms with Gasteiger partial charge in [0, 0.05) is 44.0 Å². The molecule has 11 heteroatoms. The van der Waals surface area contributed by atoms with Crippen LogP contribution in [0.1, 0.15) is 132 Å². The molecule has 0 bridgehead atoms. The van der Waals surface area contributed by atoms with Gasteiger partial charge in [0.2, 0.25) is 11.8 Å². The number of halogens is 3. The summed E-state index contributed by atoms with van der Waals surface area (Å²) in [4.78, 5) is 26.1. The van der Waals surface area contributed by atoms with Crippen LogP contribution in [0.25, 0.3) is 0 Å². The van der Waals surface area contributed by atoms with Crippen LogP contribution in [0.2, 0.25) is 0 Å². The first-order chi connectivity index (χ1) is 22.8. The number of alkyl halides is 3. The molecule has 0 aromatic heterocycles. The van der Waals surface area contributed by atoms with E-state index in [0.29, 0.717) is 36.3 Å². The van der Waals surface area contributed by atoms with Gasteiger partial charge in [-0.25, -0.2) is 4.31 Å². The van der Waals surface area contributed by atoms with Gasteiger partial charge in [-0.3, -0.25) is 9.59 Å². The smallest absolute Gasteiger partial charge is 0.256 e. The fraction of sp³-hybridized carbons (Fsp3) is 0.600. The zero-order valence-electron chi connectivity index (χ0n) is 32.5. The summed E-state index contributed by atoms with van der Waals surface area (Å²) in [5.41, 5.74) is 3.34. The van der Waals surface area contributed by atoms with Crippen LogP contribution in [-0.2, 0) is 31.2 Å². The highest BCUT2D eigenvalue weighted by Gasteiger charge is 2.50. The van der Waals surface area contributed by atoms with Crippen molar-refractivity contribution in [3.8, 4) is 11.5 Å². The molecule has 2 aromatic carbocycles. The van der Waals surface area contributed by atoms with Gasteiger partial charge in [0.1, 0.15) is 11.5 Å². The molecule has 2 aromatic rings. The van der Waals surface area contributed by atoms with E-state index in [2.05, 4.69) is 121 Å². The number of fused-ring (bicyclic) bond motifs is 1. The van der Waals surface area contributed by atoms with Crippen molar-refractivity contribution in [2.75, 3.05) is 0 Å². The summed E-state index contributed by atoms with van der Waals surface area (Å²) in [5, 5.41) is 22.2. The van der Waals surface area contributed by atoms with Gasteiger partial charge < -0.3 is 10.2 Å². The van der Waals surface area contributed by atoms with Crippen molar-refractivity contribution in [2.24, 2.45) is 11.8 Å². The minimum Gasteiger partial charge on any atom is -0.507 e. The summed E-state index contributed by atoms with van der Waals surface area (Å²) >= 11 is 21.0. The maximum absolute atomic E-state index is 11.9. The average Bonchev–Trinajstić information content (AvgIpc) is 3.16. The number of carbonyl (C=O) groups is 2. The van der Waals surface area contributed by atoms with E-state index in [-0.39, 0.29) is 49.4 Å². The molecule has 4 rings (SSSR count). The number of thioether (sulfide) groups is 2. The second-order valence-electron chi connectivity index (χ2n) is 18.0. The molecule has 1 heterocycles. The monoisotopic (exact) mass is 815 g/mol. The maximum atomic E-state index is 11.9. The van der Waals surface area contributed by atoms with Crippen molar-refractivity contribution in [1.29, 1.82) is 0 Å². The fourth-order valence-electron chi connectivity index (χ4n) is 6.17. The maximum Gasteiger partial charge on any atom is 0.256 e. The Morgan fingerprint density at radius 1 is 0.569 bits per heavy atom. The molecule has 2 atom stereocenters. The van der Waals surface area contributed by atoms with Gasteiger partial charge in [-0.15, -0.1) is 23.5 Å². The second kappa shape index (κ2) is 15.5. The van der Waals surface area contributed by atoms with Crippen molar-refractivity contribution in [3.63, 3.8) is 0 Å². The zero-order chi connectivity index (χ0) is 39.3. The quantitative estimate of drug-likeness (QED) is 0.0777. The number of carbonyl (C=O) groups excluding carboxylic acids is 2. The zero-order valence-corrected chi connectivity index (χ0v) is 37.3. The Balaban J connectivity index is 0.000000362. The molecule has 1 fully saturated rings. The molecular weight excluding hydrogens is 761 g/mol. The minimum atomic E-state index is -1.69. The normalized spacial score (nSPS) is 18.9. The third-order valence-corrected chi connectivity index (χ3v) is 12.6. The topological polar surface area (TPSA) is 77.8 Å². The van der Waals surface area contributed by atoms with Gasteiger partial charge in [-0.1, -0.05) is 130 Å². The molecule has 51 heavy (non-hydrogen) atoms. The lowest BCUT2D eigenvalue weighted by molar-refractivity contribution is -0.133. The molecule has 284 valence electrons. The molecule has 5 nitrogen and oxygen atoms in total. The van der Waals surface area contributed by atoms with E-state index in [0.717, 1.165) is 26.6 Å². The van der Waals surface area contributed by atoms with E-state index in [4.69, 9.17) is 34.8 Å². The number of phenols is 2. The van der Waals surface area contributed by atoms with E-state index in [1.165, 1.54) is 9.79 Å². The van der Waals surface area contributed by atoms with Crippen molar-refractivity contribution in [3.05, 3.63) is 58.7 Å². The van der Waals surface area contributed by atoms with Crippen molar-refractivity contribution >= 4 is 82.1 Å². The highest BCUT2D eigenvalue weighted by atomic mass is 35.6. The Morgan fingerprint density at radius 3 is 1.08 bits per heavy atom. The van der Waals surface area contributed by atoms with Crippen LogP contribution >= 0.6 is 70.3 Å². The number of nitrogens with zero attached hydrogens (tertiary/aromatic N) is 1. The van der Waals surface area contributed by atoms with Crippen molar-refractivity contribution in [1.82, 2.24) is 4.31 Å². The Morgan fingerprint density at radius 2 is 0.843 bits per heavy atom. The summed E-state index contributed by atoms with van der Waals surface area (Å²) in [5.74, 6) is -0.230. The molecular formula is C40H56Cl3NO4S3. The standard InChI is InChI=1S/C31H48O2S2.C9H8Cl3NO2S/c1-27(2,3)21-15-19(16-22(25(21)32)28(4,5)6)34-31(13,14)35-20-17-23(29(7,8)9)26(33)24(18-20)30(10,11)12;10-9(11,12)16-13-7(14)5-3-1-2-4-6(5)8(13)15/h15-18,32-33H,1-14H3;1-2,5-6H,3-4H2. The summed E-state index contributed by atoms with van der Waals surface area (Å²) in [6.45, 7) is 30.4. The van der Waals surface area contributed by atoms with Crippen molar-refractivity contribution in [2.45, 2.75) is 148 Å². The second-order valence-corrected chi connectivity index (χ2v) is 25.8. The van der Waals surface area contributed by atoms with Crippen LogP contribution in [0.5, 0.6) is 11.5 Å². The lowest BCUT2D eigenvalue weighted by atomic mass is 9.79. The van der Waals surface area contributed by atoms with Crippen LogP contribution in [-0.4, -0.2) is 33.5 Å². The predicted octanol–water partition coefficient (Wildman–Crippen LogP) is 12.8. The van der Waals surface area contributed by atoms with Crippen LogP contribution in [0, 0.1) is 11.8 Å². The molecule has 0 saturated carbocycles. The first-order valence-electron chi connectivity index (χ1n) is 17.3. The van der Waals surface area contributed by atoms with Gasteiger partial charge in [-0.2, -0.15) is 0 Å². The largest absolute Gasteiger partial charge is 0.507 e. The Kier molecular flexibility index (Phi) is 13.5. The van der Waals surface area contributed by atoms with Crippen molar-refractivity contribution < 1.29 is 19.8 Å². The number of rotatable bonds is 5. The molecule has 1 aliphatic heterocycles. The van der Waals surface area contributed by atoms with Gasteiger partial charge >= 0.3 is 0 Å². The fourth-order valence-corrected chi connectivity index (χ4v) is 10.0. The van der Waals surface area contributed by atoms with Crippen LogP contribution in [0.15, 0.2) is 46.2 Å². The Labute approximate surface area is 334 Å². The number of amides is 2. The number of aromatic hydroxyl groups is 2. The highest BCUT2D eigenvalue weighted by molar-refractivity contribution is 8.18. The van der Waals surface area contributed by atoms with Crippen LogP contribution in [0.4, 0.5) is 0 Å². The van der Waals surface area contributed by atoms with Gasteiger partial charge in [0.25, 0.3) is 3.12 Å². The number of imide groups is 1. The molecule has 2 N–H and O–H groups in total. The average molecular weight is 817 g/mol. The van der Waals surface area contributed by atoms with E-state index < -0.39 is 3.12 Å². The van der Waals surface area contributed by atoms with Crippen LogP contribution in [0.3, 0.4) is 0 Å². The SMILES string of the molecule is CC(C)(Sc1cc(C(C)(C)C)c(O)c(C(C)(C)C)c1)Sc1cc(C(C)(C)C)c(O)c(C(C)(C)C)c1.O=C1C2CC=CCC2C(=O)N1SC(Cl)(Cl)Cl. The molecule has 1 aliphatic carbocycles. The lowest BCUT2D eigenvalue weighted by Crippen LogP contribution is -2.26. The van der Waals surface area contributed by atoms with E-state index in [9.17, 15) is 19.8 Å². The Bertz CT molecular complexity index is 1470. The number of phenolic OH excluding ortho intramolecular Hbond substituents is 2. The molecule has 2 unspecified atom stereocenters. The number of allylic oxidation sites excluding steroid dienone is 2. The third-order valence-electron chi connectivity index (χ3n) is 8.79. The molecule has 0 spiro atoms. The summed E-state index contributed by atoms with van der Waals surface area (Å²) < 4.78 is -0.857. The van der Waals surface area contributed by atoms with Gasteiger partial charge in [0.15, 0.2) is 0 Å². The van der Waals surface area contributed by atoms with Gasteiger partial charge in [-0.05, 0) is 72.6 Å². The first kappa shape index (κ1) is 44.2. The predicted molar refractivity (Wildman–Crippen MR) is 222 cm³/mol. The molecule has 1 saturated heterocycles. The minimum absolute atomic E-state index is 0.155. The van der Waals surface area contributed by atoms with E-state index in [1.54, 1.807) is 0 Å². The van der Waals surface area contributed by atoms with E-state index in [1.807, 2.05) is 35.7 Å². The highest BCUT2D eigenvalue weighted by Crippen LogP contribution is 2.51. The number of hydrogen-bond donors (Lipinski definition) is 2. The lowest BCUT2D eigenvalue weighted by Gasteiger charge is -2.31. The summed E-state index contributed by atoms with van der Waals surface area (Å²) in [6, 6.07) is 8.65. The van der Waals surface area contributed by atoms with E-state index >= 15 is 0 Å². The number of benzene rings is 2. The molecule has 2 aliphatic rings.